The van der Waals surface area contributed by atoms with Crippen molar-refractivity contribution in [2.24, 2.45) is 5.92 Å². The predicted molar refractivity (Wildman–Crippen MR) is 101 cm³/mol. The average molecular weight is 419 g/mol. The molecule has 2 heterocycles. The van der Waals surface area contributed by atoms with E-state index in [-0.39, 0.29) is 17.3 Å². The summed E-state index contributed by atoms with van der Waals surface area (Å²) in [5.74, 6) is -6.93. The molecule has 160 valence electrons. The highest BCUT2D eigenvalue weighted by atomic mass is 16.5. The maximum Gasteiger partial charge on any atom is 0.337 e. The lowest BCUT2D eigenvalue weighted by molar-refractivity contribution is -0.187. The Hall–Kier alpha value is -3.60. The molecule has 0 radical (unpaired) electrons. The Morgan fingerprint density at radius 1 is 1.10 bits per heavy atom. The SMILES string of the molecule is COc1cnc(-c2ccccn2)nc1C(C(=O)O)(C(C)C)C(O)(CC(=O)O)C(=O)O. The van der Waals surface area contributed by atoms with Crippen molar-refractivity contribution < 1.29 is 39.5 Å². The fourth-order valence-electron chi connectivity index (χ4n) is 3.50. The van der Waals surface area contributed by atoms with Crippen LogP contribution in [-0.2, 0) is 19.8 Å². The van der Waals surface area contributed by atoms with Crippen molar-refractivity contribution in [2.75, 3.05) is 7.11 Å². The third kappa shape index (κ3) is 3.54. The largest absolute Gasteiger partial charge is 0.493 e. The highest BCUT2D eigenvalue weighted by molar-refractivity contribution is 5.96. The van der Waals surface area contributed by atoms with E-state index in [1.165, 1.54) is 27.2 Å². The second-order valence-electron chi connectivity index (χ2n) is 6.83. The van der Waals surface area contributed by atoms with Crippen LogP contribution in [0.2, 0.25) is 0 Å². The first-order valence-electron chi connectivity index (χ1n) is 8.76. The number of carboxylic acids is 3. The summed E-state index contributed by atoms with van der Waals surface area (Å²) < 4.78 is 5.16. The highest BCUT2D eigenvalue weighted by Crippen LogP contribution is 2.47. The molecule has 0 aliphatic heterocycles. The van der Waals surface area contributed by atoms with Gasteiger partial charge in [-0.2, -0.15) is 0 Å². The van der Waals surface area contributed by atoms with Crippen molar-refractivity contribution in [3.05, 3.63) is 36.3 Å². The minimum atomic E-state index is -3.26. The van der Waals surface area contributed by atoms with Gasteiger partial charge in [0.2, 0.25) is 0 Å². The Balaban J connectivity index is 2.97. The zero-order chi connectivity index (χ0) is 22.7. The van der Waals surface area contributed by atoms with Crippen LogP contribution in [-0.4, -0.2) is 66.0 Å². The van der Waals surface area contributed by atoms with Gasteiger partial charge in [-0.1, -0.05) is 19.9 Å². The molecule has 2 atom stereocenters. The number of aliphatic hydroxyl groups is 1. The summed E-state index contributed by atoms with van der Waals surface area (Å²) in [5, 5.41) is 40.2. The number of hydrogen-bond acceptors (Lipinski definition) is 8. The van der Waals surface area contributed by atoms with E-state index in [2.05, 4.69) is 15.0 Å². The molecule has 2 rings (SSSR count). The van der Waals surface area contributed by atoms with Gasteiger partial charge in [0.25, 0.3) is 0 Å². The van der Waals surface area contributed by atoms with Crippen LogP contribution in [0.1, 0.15) is 26.0 Å². The average Bonchev–Trinajstić information content (AvgIpc) is 2.67. The molecule has 0 amide bonds. The summed E-state index contributed by atoms with van der Waals surface area (Å²) >= 11 is 0. The summed E-state index contributed by atoms with van der Waals surface area (Å²) in [5.41, 5.74) is -6.19. The molecule has 0 aromatic carbocycles. The minimum absolute atomic E-state index is 0.0549. The van der Waals surface area contributed by atoms with E-state index in [1.54, 1.807) is 18.2 Å². The molecule has 2 aromatic rings. The number of carboxylic acid groups (broad SMARTS) is 3. The van der Waals surface area contributed by atoms with Gasteiger partial charge in [-0.3, -0.25) is 14.6 Å². The quantitative estimate of drug-likeness (QED) is 0.452. The van der Waals surface area contributed by atoms with Crippen molar-refractivity contribution in [2.45, 2.75) is 31.3 Å². The van der Waals surface area contributed by atoms with Crippen LogP contribution in [0.5, 0.6) is 5.75 Å². The summed E-state index contributed by atoms with van der Waals surface area (Å²) in [7, 11) is 1.19. The highest BCUT2D eigenvalue weighted by Gasteiger charge is 2.66. The number of hydrogen-bond donors (Lipinski definition) is 4. The fourth-order valence-corrected chi connectivity index (χ4v) is 3.50. The molecular formula is C19H21N3O8. The molecule has 0 saturated carbocycles. The van der Waals surface area contributed by atoms with Crippen molar-refractivity contribution >= 4 is 17.9 Å². The van der Waals surface area contributed by atoms with Gasteiger partial charge >= 0.3 is 17.9 Å². The molecule has 0 spiro atoms. The van der Waals surface area contributed by atoms with Crippen LogP contribution < -0.4 is 4.74 Å². The van der Waals surface area contributed by atoms with Crippen molar-refractivity contribution in [1.29, 1.82) is 0 Å². The molecule has 0 bridgehead atoms. The first-order valence-corrected chi connectivity index (χ1v) is 8.76. The summed E-state index contributed by atoms with van der Waals surface area (Å²) in [4.78, 5) is 48.4. The van der Waals surface area contributed by atoms with E-state index in [0.29, 0.717) is 0 Å². The van der Waals surface area contributed by atoms with Crippen LogP contribution in [0, 0.1) is 5.92 Å². The zero-order valence-electron chi connectivity index (χ0n) is 16.4. The summed E-state index contributed by atoms with van der Waals surface area (Å²) in [6, 6.07) is 4.82. The fraction of sp³-hybridized carbons (Fsp3) is 0.368. The van der Waals surface area contributed by atoms with Gasteiger partial charge < -0.3 is 25.2 Å². The van der Waals surface area contributed by atoms with E-state index in [4.69, 9.17) is 4.74 Å². The van der Waals surface area contributed by atoms with Gasteiger partial charge in [0.1, 0.15) is 11.4 Å². The third-order valence-electron chi connectivity index (χ3n) is 4.86. The Labute approximate surface area is 171 Å². The minimum Gasteiger partial charge on any atom is -0.493 e. The molecule has 2 unspecified atom stereocenters. The smallest absolute Gasteiger partial charge is 0.337 e. The monoisotopic (exact) mass is 419 g/mol. The molecule has 2 aromatic heterocycles. The number of methoxy groups -OCH3 is 1. The molecule has 0 aliphatic rings. The number of pyridine rings is 1. The molecule has 0 fully saturated rings. The van der Waals surface area contributed by atoms with Gasteiger partial charge in [-0.05, 0) is 18.1 Å². The first-order chi connectivity index (χ1) is 14.0. The van der Waals surface area contributed by atoms with Gasteiger partial charge in [-0.15, -0.1) is 0 Å². The first kappa shape index (κ1) is 22.7. The molecule has 11 heteroatoms. The normalized spacial score (nSPS) is 15.1. The Morgan fingerprint density at radius 2 is 1.77 bits per heavy atom. The Kier molecular flexibility index (Phi) is 6.36. The lowest BCUT2D eigenvalue weighted by Gasteiger charge is -2.43. The van der Waals surface area contributed by atoms with Gasteiger partial charge in [0.15, 0.2) is 22.6 Å². The lowest BCUT2D eigenvalue weighted by atomic mass is 9.61. The van der Waals surface area contributed by atoms with Crippen LogP contribution in [0.25, 0.3) is 11.5 Å². The predicted octanol–water partition coefficient (Wildman–Crippen LogP) is 0.816. The Bertz CT molecular complexity index is 966. The molecule has 0 saturated heterocycles. The molecule has 4 N–H and O–H groups in total. The van der Waals surface area contributed by atoms with Crippen LogP contribution in [0.15, 0.2) is 30.6 Å². The van der Waals surface area contributed by atoms with Gasteiger partial charge in [0.05, 0.1) is 19.7 Å². The zero-order valence-corrected chi connectivity index (χ0v) is 16.4. The van der Waals surface area contributed by atoms with Gasteiger partial charge in [0, 0.05) is 6.20 Å². The summed E-state index contributed by atoms with van der Waals surface area (Å²) in [6.07, 6.45) is 1.18. The number of ether oxygens (including phenoxy) is 1. The number of aliphatic carboxylic acids is 3. The maximum atomic E-state index is 12.6. The van der Waals surface area contributed by atoms with E-state index >= 15 is 0 Å². The summed E-state index contributed by atoms with van der Waals surface area (Å²) in [6.45, 7) is 2.68. The van der Waals surface area contributed by atoms with Crippen LogP contribution in [0.4, 0.5) is 0 Å². The molecular weight excluding hydrogens is 398 g/mol. The second-order valence-corrected chi connectivity index (χ2v) is 6.83. The van der Waals surface area contributed by atoms with Gasteiger partial charge in [-0.25, -0.2) is 14.8 Å². The second kappa shape index (κ2) is 8.41. The van der Waals surface area contributed by atoms with Crippen molar-refractivity contribution in [3.63, 3.8) is 0 Å². The molecule has 0 aliphatic carbocycles. The number of nitrogens with zero attached hydrogens (tertiary/aromatic N) is 3. The van der Waals surface area contributed by atoms with Crippen molar-refractivity contribution in [1.82, 2.24) is 15.0 Å². The van der Waals surface area contributed by atoms with E-state index in [9.17, 15) is 34.8 Å². The Morgan fingerprint density at radius 3 is 2.20 bits per heavy atom. The van der Waals surface area contributed by atoms with Crippen molar-refractivity contribution in [3.8, 4) is 17.3 Å². The molecule has 11 nitrogen and oxygen atoms in total. The third-order valence-corrected chi connectivity index (χ3v) is 4.86. The number of rotatable bonds is 9. The molecule has 30 heavy (non-hydrogen) atoms. The topological polar surface area (TPSA) is 180 Å². The van der Waals surface area contributed by atoms with Crippen LogP contribution in [0.3, 0.4) is 0 Å². The van der Waals surface area contributed by atoms with E-state index < -0.39 is 47.0 Å². The number of aromatic nitrogens is 3. The maximum absolute atomic E-state index is 12.6. The van der Waals surface area contributed by atoms with E-state index in [0.717, 1.165) is 6.20 Å². The van der Waals surface area contributed by atoms with E-state index in [1.807, 2.05) is 0 Å². The van der Waals surface area contributed by atoms with Crippen LogP contribution >= 0.6 is 0 Å². The number of carbonyl (C=O) groups is 3. The lowest BCUT2D eigenvalue weighted by Crippen LogP contribution is -2.65. The standard InChI is InChI=1S/C19H21N3O8/c1-10(2)19(17(27)28,18(29,16(25)26)8-13(23)24)14-12(30-3)9-21-15(22-14)11-6-4-5-7-20-11/h4-7,9-10,29H,8H2,1-3H3,(H,23,24)(H,25,26)(H,27,28).